The molecule has 1 heterocycles. The van der Waals surface area contributed by atoms with Gasteiger partial charge in [-0.3, -0.25) is 9.59 Å². The molecule has 0 bridgehead atoms. The molecule has 0 aromatic heterocycles. The van der Waals surface area contributed by atoms with Crippen LogP contribution in [0.5, 0.6) is 0 Å². The molecule has 4 rings (SSSR count). The number of ketones is 1. The quantitative estimate of drug-likeness (QED) is 0.766. The number of rotatable bonds is 0. The highest BCUT2D eigenvalue weighted by Crippen LogP contribution is 2.41. The van der Waals surface area contributed by atoms with E-state index in [-0.39, 0.29) is 11.5 Å². The van der Waals surface area contributed by atoms with Crippen LogP contribution in [0, 0.1) is 0 Å². The largest absolute Gasteiger partial charge is 0.375 e. The Kier molecular flexibility index (Phi) is 2.35. The number of hydrogen-bond donors (Lipinski definition) is 2. The fourth-order valence-electron chi connectivity index (χ4n) is 3.38. The van der Waals surface area contributed by atoms with Gasteiger partial charge in [0.05, 0.1) is 11.6 Å². The molecule has 4 nitrogen and oxygen atoms in total. The third kappa shape index (κ3) is 1.48. The molecule has 2 aromatic carbocycles. The Bertz CT molecular complexity index is 783. The van der Waals surface area contributed by atoms with Crippen LogP contribution in [0.2, 0.25) is 0 Å². The highest BCUT2D eigenvalue weighted by atomic mass is 16.3. The van der Waals surface area contributed by atoms with E-state index in [1.54, 1.807) is 36.4 Å². The van der Waals surface area contributed by atoms with Crippen LogP contribution in [0.4, 0.5) is 0 Å². The van der Waals surface area contributed by atoms with E-state index in [0.29, 0.717) is 17.5 Å². The molecule has 2 N–H and O–H groups in total. The van der Waals surface area contributed by atoms with Crippen molar-refractivity contribution in [3.05, 3.63) is 70.8 Å². The van der Waals surface area contributed by atoms with Crippen molar-refractivity contribution in [2.24, 2.45) is 0 Å². The molecule has 0 fully saturated rings. The zero-order valence-electron chi connectivity index (χ0n) is 11.2. The van der Waals surface area contributed by atoms with Crippen LogP contribution < -0.4 is 5.32 Å². The van der Waals surface area contributed by atoms with Crippen molar-refractivity contribution < 1.29 is 14.7 Å². The minimum absolute atomic E-state index is 0.275. The van der Waals surface area contributed by atoms with Gasteiger partial charge in [0.25, 0.3) is 5.91 Å². The molecule has 0 saturated carbocycles. The van der Waals surface area contributed by atoms with Crippen LogP contribution >= 0.6 is 0 Å². The monoisotopic (exact) mass is 279 g/mol. The summed E-state index contributed by atoms with van der Waals surface area (Å²) in [6.45, 7) is 0. The number of aliphatic hydroxyl groups is 1. The van der Waals surface area contributed by atoms with Crippen molar-refractivity contribution in [1.29, 1.82) is 0 Å². The van der Waals surface area contributed by atoms with Crippen LogP contribution in [-0.2, 0) is 12.0 Å². The van der Waals surface area contributed by atoms with Gasteiger partial charge in [-0.05, 0) is 23.6 Å². The lowest BCUT2D eigenvalue weighted by molar-refractivity contribution is 0.0164. The number of amides is 1. The van der Waals surface area contributed by atoms with Gasteiger partial charge in [0.1, 0.15) is 0 Å². The molecule has 4 heteroatoms. The van der Waals surface area contributed by atoms with Gasteiger partial charge < -0.3 is 10.4 Å². The van der Waals surface area contributed by atoms with Crippen molar-refractivity contribution in [2.45, 2.75) is 18.1 Å². The summed E-state index contributed by atoms with van der Waals surface area (Å²) < 4.78 is 0. The molecule has 2 aromatic rings. The average molecular weight is 279 g/mol. The molecule has 104 valence electrons. The molecular weight excluding hydrogens is 266 g/mol. The van der Waals surface area contributed by atoms with Crippen LogP contribution in [-0.4, -0.2) is 22.8 Å². The molecule has 21 heavy (non-hydrogen) atoms. The highest BCUT2D eigenvalue weighted by molar-refractivity contribution is 6.14. The molecule has 0 spiro atoms. The topological polar surface area (TPSA) is 66.4 Å². The van der Waals surface area contributed by atoms with Crippen LogP contribution in [0.25, 0.3) is 0 Å². The Hall–Kier alpha value is -2.46. The Morgan fingerprint density at radius 1 is 1.00 bits per heavy atom. The van der Waals surface area contributed by atoms with E-state index >= 15 is 0 Å². The smallest absolute Gasteiger partial charge is 0.252 e. The SMILES string of the molecule is O=C1N[C@@H]2Cc3ccccc3[C@@]2(O)C(=O)c2ccccc21. The van der Waals surface area contributed by atoms with Crippen molar-refractivity contribution in [1.82, 2.24) is 5.32 Å². The van der Waals surface area contributed by atoms with Gasteiger partial charge in [0, 0.05) is 5.56 Å². The summed E-state index contributed by atoms with van der Waals surface area (Å²) >= 11 is 0. The Labute approximate surface area is 121 Å². The van der Waals surface area contributed by atoms with Gasteiger partial charge >= 0.3 is 0 Å². The van der Waals surface area contributed by atoms with E-state index in [2.05, 4.69) is 5.32 Å². The molecule has 1 amide bonds. The Morgan fingerprint density at radius 3 is 2.48 bits per heavy atom. The van der Waals surface area contributed by atoms with Crippen molar-refractivity contribution in [3.63, 3.8) is 0 Å². The van der Waals surface area contributed by atoms with Gasteiger partial charge in [0.2, 0.25) is 5.78 Å². The first kappa shape index (κ1) is 12.3. The summed E-state index contributed by atoms with van der Waals surface area (Å²) in [5.74, 6) is -0.723. The fraction of sp³-hybridized carbons (Fsp3) is 0.176. The van der Waals surface area contributed by atoms with E-state index in [9.17, 15) is 14.7 Å². The summed E-state index contributed by atoms with van der Waals surface area (Å²) in [5, 5.41) is 13.9. The molecule has 2 atom stereocenters. The summed E-state index contributed by atoms with van der Waals surface area (Å²) in [7, 11) is 0. The number of hydrogen-bond acceptors (Lipinski definition) is 3. The van der Waals surface area contributed by atoms with E-state index < -0.39 is 17.4 Å². The second-order valence-corrected chi connectivity index (χ2v) is 5.53. The first-order valence-electron chi connectivity index (χ1n) is 6.88. The van der Waals surface area contributed by atoms with Gasteiger partial charge in [-0.1, -0.05) is 42.5 Å². The van der Waals surface area contributed by atoms with E-state index in [4.69, 9.17) is 0 Å². The number of Topliss-reactive ketones (excluding diaryl/α,β-unsaturated/α-hetero) is 1. The lowest BCUT2D eigenvalue weighted by Crippen LogP contribution is -2.50. The molecule has 0 radical (unpaired) electrons. The van der Waals surface area contributed by atoms with Crippen LogP contribution in [0.1, 0.15) is 31.8 Å². The predicted octanol–water partition coefficient (Wildman–Crippen LogP) is 1.43. The second-order valence-electron chi connectivity index (χ2n) is 5.53. The normalized spacial score (nSPS) is 26.4. The zero-order chi connectivity index (χ0) is 14.6. The van der Waals surface area contributed by atoms with Crippen molar-refractivity contribution in [2.75, 3.05) is 0 Å². The fourth-order valence-corrected chi connectivity index (χ4v) is 3.38. The number of nitrogens with one attached hydrogen (secondary N) is 1. The minimum atomic E-state index is -1.68. The number of benzene rings is 2. The number of carbonyl (C=O) groups excluding carboxylic acids is 2. The maximum atomic E-state index is 12.9. The van der Waals surface area contributed by atoms with Gasteiger partial charge in [-0.2, -0.15) is 0 Å². The molecule has 1 aliphatic heterocycles. The maximum absolute atomic E-state index is 12.9. The zero-order valence-corrected chi connectivity index (χ0v) is 11.2. The van der Waals surface area contributed by atoms with Crippen molar-refractivity contribution >= 4 is 11.7 Å². The number of fused-ring (bicyclic) bond motifs is 4. The van der Waals surface area contributed by atoms with Crippen LogP contribution in [0.15, 0.2) is 48.5 Å². The van der Waals surface area contributed by atoms with E-state index in [1.807, 2.05) is 12.1 Å². The molecule has 0 unspecified atom stereocenters. The summed E-state index contributed by atoms with van der Waals surface area (Å²) in [4.78, 5) is 25.2. The standard InChI is InChI=1S/C17H13NO3/c19-15-11-6-2-3-7-12(11)16(20)18-14-9-10-5-1-4-8-13(10)17(14,15)21/h1-8,14,21H,9H2,(H,18,20)/t14-,17+/m1/s1. The Morgan fingerprint density at radius 2 is 1.67 bits per heavy atom. The second kappa shape index (κ2) is 4.02. The van der Waals surface area contributed by atoms with E-state index in [0.717, 1.165) is 5.56 Å². The number of carbonyl (C=O) groups is 2. The lowest BCUT2D eigenvalue weighted by atomic mass is 9.84. The highest BCUT2D eigenvalue weighted by Gasteiger charge is 2.54. The first-order valence-corrected chi connectivity index (χ1v) is 6.88. The predicted molar refractivity (Wildman–Crippen MR) is 76.1 cm³/mol. The molecule has 2 aliphatic rings. The van der Waals surface area contributed by atoms with Gasteiger partial charge in [-0.15, -0.1) is 0 Å². The minimum Gasteiger partial charge on any atom is -0.375 e. The third-order valence-electron chi connectivity index (χ3n) is 4.42. The first-order chi connectivity index (χ1) is 10.1. The summed E-state index contributed by atoms with van der Waals surface area (Å²) in [5.41, 5.74) is 0.410. The van der Waals surface area contributed by atoms with Gasteiger partial charge in [0.15, 0.2) is 5.60 Å². The lowest BCUT2D eigenvalue weighted by Gasteiger charge is -2.27. The molecule has 0 saturated heterocycles. The third-order valence-corrected chi connectivity index (χ3v) is 4.42. The van der Waals surface area contributed by atoms with Crippen molar-refractivity contribution in [3.8, 4) is 0 Å². The van der Waals surface area contributed by atoms with Gasteiger partial charge in [-0.25, -0.2) is 0 Å². The molecule has 1 aliphatic carbocycles. The Balaban J connectivity index is 1.98. The summed E-state index contributed by atoms with van der Waals surface area (Å²) in [6, 6.07) is 13.3. The maximum Gasteiger partial charge on any atom is 0.252 e. The summed E-state index contributed by atoms with van der Waals surface area (Å²) in [6.07, 6.45) is 0.456. The van der Waals surface area contributed by atoms with Crippen LogP contribution in [0.3, 0.4) is 0 Å². The average Bonchev–Trinajstić information content (AvgIpc) is 2.76. The van der Waals surface area contributed by atoms with E-state index in [1.165, 1.54) is 0 Å². The molecular formula is C17H13NO3.